The molecular formula is C32H35F4N7O4. The van der Waals surface area contributed by atoms with Crippen LogP contribution >= 0.6 is 0 Å². The van der Waals surface area contributed by atoms with Gasteiger partial charge in [0.05, 0.1) is 24.0 Å². The van der Waals surface area contributed by atoms with E-state index in [0.717, 1.165) is 12.1 Å². The van der Waals surface area contributed by atoms with E-state index in [-0.39, 0.29) is 73.3 Å². The molecule has 47 heavy (non-hydrogen) atoms. The Balaban J connectivity index is 1.45. The Morgan fingerprint density at radius 2 is 1.89 bits per heavy atom. The number of carbonyl (C=O) groups is 1. The number of nitriles is 1. The first kappa shape index (κ1) is 33.8. The first-order valence-corrected chi connectivity index (χ1v) is 15.2. The fourth-order valence-corrected chi connectivity index (χ4v) is 6.19. The minimum atomic E-state index is -1.37. The van der Waals surface area contributed by atoms with Crippen molar-refractivity contribution in [3.8, 4) is 29.5 Å². The molecule has 0 radical (unpaired) electrons. The number of hydrogen-bond donors (Lipinski definition) is 0. The molecule has 2 saturated heterocycles. The first-order chi connectivity index (χ1) is 22.3. The predicted octanol–water partition coefficient (Wildman–Crippen LogP) is 5.08. The van der Waals surface area contributed by atoms with E-state index in [0.29, 0.717) is 6.42 Å². The Bertz CT molecular complexity index is 1660. The quantitative estimate of drug-likeness (QED) is 0.215. The van der Waals surface area contributed by atoms with Gasteiger partial charge in [0, 0.05) is 43.6 Å². The molecule has 5 atom stereocenters. The second kappa shape index (κ2) is 13.6. The summed E-state index contributed by atoms with van der Waals surface area (Å²) in [4.78, 5) is 28.7. The van der Waals surface area contributed by atoms with Gasteiger partial charge in [0.2, 0.25) is 29.3 Å². The highest BCUT2D eigenvalue weighted by molar-refractivity contribution is 5.90. The highest BCUT2D eigenvalue weighted by atomic mass is 19.1. The summed E-state index contributed by atoms with van der Waals surface area (Å²) in [6.45, 7) is 8.32. The smallest absolute Gasteiger partial charge is 0.282 e. The molecule has 3 aromatic rings. The van der Waals surface area contributed by atoms with Crippen LogP contribution in [0.15, 0.2) is 41.2 Å². The maximum atomic E-state index is 14.7. The largest absolute Gasteiger partial charge is 0.474 e. The number of alkyl halides is 1. The molecule has 15 heteroatoms. The Hall–Kier alpha value is -4.58. The lowest BCUT2D eigenvalue weighted by molar-refractivity contribution is -0.133. The number of likely N-dealkylation sites (N-methyl/N-ethyl adjacent to an activating group) is 1. The van der Waals surface area contributed by atoms with Gasteiger partial charge in [-0.15, -0.1) is 0 Å². The third-order valence-corrected chi connectivity index (χ3v) is 8.60. The van der Waals surface area contributed by atoms with Gasteiger partial charge in [-0.3, -0.25) is 9.69 Å². The van der Waals surface area contributed by atoms with Crippen molar-refractivity contribution in [3.63, 3.8) is 0 Å². The molecular weight excluding hydrogens is 622 g/mol. The van der Waals surface area contributed by atoms with E-state index in [1.807, 2.05) is 11.0 Å². The number of amides is 1. The van der Waals surface area contributed by atoms with Crippen LogP contribution in [0.5, 0.6) is 11.8 Å². The molecule has 2 aliphatic rings. The minimum absolute atomic E-state index is 0.0430. The number of rotatable bonds is 10. The van der Waals surface area contributed by atoms with Crippen LogP contribution in [0.4, 0.5) is 17.6 Å². The van der Waals surface area contributed by atoms with E-state index >= 15 is 0 Å². The van der Waals surface area contributed by atoms with Crippen molar-refractivity contribution < 1.29 is 36.4 Å². The van der Waals surface area contributed by atoms with Crippen LogP contribution in [0.2, 0.25) is 0 Å². The van der Waals surface area contributed by atoms with Gasteiger partial charge in [-0.1, -0.05) is 17.8 Å². The zero-order valence-corrected chi connectivity index (χ0v) is 26.4. The highest BCUT2D eigenvalue weighted by Gasteiger charge is 2.38. The summed E-state index contributed by atoms with van der Waals surface area (Å²) >= 11 is 0. The Morgan fingerprint density at radius 3 is 2.53 bits per heavy atom. The number of nitrogens with zero attached hydrogens (tertiary/aromatic N) is 7. The monoisotopic (exact) mass is 657 g/mol. The van der Waals surface area contributed by atoms with Crippen molar-refractivity contribution in [1.29, 1.82) is 5.26 Å². The number of ether oxygens (including phenoxy) is 2. The number of halogens is 4. The summed E-state index contributed by atoms with van der Waals surface area (Å²) in [7, 11) is 1.80. The van der Waals surface area contributed by atoms with Gasteiger partial charge in [0.25, 0.3) is 5.91 Å². The Morgan fingerprint density at radius 1 is 1.19 bits per heavy atom. The van der Waals surface area contributed by atoms with E-state index < -0.39 is 53.2 Å². The number of likely N-dealkylation sites (tertiary alicyclic amines) is 2. The third-order valence-electron chi connectivity index (χ3n) is 8.60. The number of piperidine rings is 1. The van der Waals surface area contributed by atoms with Crippen LogP contribution in [-0.4, -0.2) is 86.4 Å². The lowest BCUT2D eigenvalue weighted by Gasteiger charge is -2.38. The number of benzene rings is 1. The molecule has 1 aromatic carbocycles. The maximum absolute atomic E-state index is 14.7. The molecule has 4 heterocycles. The molecule has 0 bridgehead atoms. The number of carbonyl (C=O) groups excluding carboxylic acids is 1. The zero-order valence-electron chi connectivity index (χ0n) is 26.4. The van der Waals surface area contributed by atoms with E-state index in [2.05, 4.69) is 26.7 Å². The lowest BCUT2D eigenvalue weighted by Crippen LogP contribution is -2.48. The van der Waals surface area contributed by atoms with Crippen molar-refractivity contribution in [3.05, 3.63) is 59.8 Å². The highest BCUT2D eigenvalue weighted by Crippen LogP contribution is 2.35. The number of hydrogen-bond acceptors (Lipinski definition) is 10. The summed E-state index contributed by atoms with van der Waals surface area (Å²) < 4.78 is 75.0. The molecule has 0 spiro atoms. The fourth-order valence-electron chi connectivity index (χ4n) is 6.19. The van der Waals surface area contributed by atoms with E-state index in [4.69, 9.17) is 14.0 Å². The van der Waals surface area contributed by atoms with Gasteiger partial charge in [0.15, 0.2) is 5.83 Å². The second-order valence-electron chi connectivity index (χ2n) is 12.4. The lowest BCUT2D eigenvalue weighted by atomic mass is 9.83. The van der Waals surface area contributed by atoms with Crippen molar-refractivity contribution in [1.82, 2.24) is 29.9 Å². The summed E-state index contributed by atoms with van der Waals surface area (Å²) in [6, 6.07) is 6.13. The summed E-state index contributed by atoms with van der Waals surface area (Å²) in [5.74, 6) is -3.74. The van der Waals surface area contributed by atoms with Gasteiger partial charge < -0.3 is 18.9 Å². The molecule has 2 aromatic heterocycles. The average molecular weight is 658 g/mol. The zero-order chi connectivity index (χ0) is 34.0. The topological polar surface area (TPSA) is 130 Å². The second-order valence-corrected chi connectivity index (χ2v) is 12.4. The van der Waals surface area contributed by atoms with Crippen LogP contribution in [0, 0.1) is 23.0 Å². The van der Waals surface area contributed by atoms with Crippen LogP contribution in [0.3, 0.4) is 0 Å². The molecule has 5 rings (SSSR count). The first-order valence-electron chi connectivity index (χ1n) is 15.2. The van der Waals surface area contributed by atoms with Crippen molar-refractivity contribution in [2.75, 3.05) is 20.1 Å². The standard InChI is InChI=1S/C32H35F4N7O4/c1-17(33)30(44)43-12-10-21(14-20(43)9-11-37)46-26-15-25(45-18(2)24-13-19(34)16-42(24)5)38-28(39-26)29-40-31(47-41-29)32(3,4)27-22(35)7-6-8-23(27)36/h6-8,15,18-21,24H,1,9-10,12-14,16H2,2-5H3/t18-,19+,20+,21-,24-/m0/s1. The van der Waals surface area contributed by atoms with Crippen molar-refractivity contribution in [2.24, 2.45) is 0 Å². The molecule has 2 fully saturated rings. The molecule has 1 amide bonds. The fraction of sp³-hybridized carbons (Fsp3) is 0.500. The van der Waals surface area contributed by atoms with Gasteiger partial charge in [-0.05, 0) is 46.4 Å². The van der Waals surface area contributed by atoms with E-state index in [1.165, 1.54) is 30.9 Å². The summed E-state index contributed by atoms with van der Waals surface area (Å²) in [5, 5.41) is 13.3. The number of aromatic nitrogens is 4. The normalized spacial score (nSPS) is 22.5. The van der Waals surface area contributed by atoms with Crippen LogP contribution < -0.4 is 9.47 Å². The minimum Gasteiger partial charge on any atom is -0.474 e. The van der Waals surface area contributed by atoms with E-state index in [1.54, 1.807) is 14.0 Å². The average Bonchev–Trinajstić information content (AvgIpc) is 3.64. The summed E-state index contributed by atoms with van der Waals surface area (Å²) in [5.41, 5.74) is -1.63. The maximum Gasteiger partial charge on any atom is 0.282 e. The molecule has 0 N–H and O–H groups in total. The molecule has 11 nitrogen and oxygen atoms in total. The van der Waals surface area contributed by atoms with Crippen LogP contribution in [0.25, 0.3) is 11.6 Å². The van der Waals surface area contributed by atoms with Crippen molar-refractivity contribution in [2.45, 2.75) is 82.3 Å². The Kier molecular flexibility index (Phi) is 9.81. The van der Waals surface area contributed by atoms with Crippen LogP contribution in [0.1, 0.15) is 57.9 Å². The molecule has 0 saturated carbocycles. The van der Waals surface area contributed by atoms with Gasteiger partial charge >= 0.3 is 0 Å². The van der Waals surface area contributed by atoms with E-state index in [9.17, 15) is 27.6 Å². The summed E-state index contributed by atoms with van der Waals surface area (Å²) in [6.07, 6.45) is -1.29. The van der Waals surface area contributed by atoms with Crippen molar-refractivity contribution >= 4 is 5.91 Å². The third kappa shape index (κ3) is 7.22. The molecule has 250 valence electrons. The van der Waals surface area contributed by atoms with Gasteiger partial charge in [-0.25, -0.2) is 17.6 Å². The SMILES string of the molecule is C=C(F)C(=O)N1CC[C@H](Oc2cc(O[C@@H](C)[C@@H]3C[C@@H](F)CN3C)nc(-c3noc(C(C)(C)c4c(F)cccc4F)n3)n2)C[C@H]1CC#N. The molecule has 2 aliphatic heterocycles. The van der Waals surface area contributed by atoms with Crippen LogP contribution in [-0.2, 0) is 10.2 Å². The van der Waals surface area contributed by atoms with Gasteiger partial charge in [-0.2, -0.15) is 20.2 Å². The molecule has 0 unspecified atom stereocenters. The predicted molar refractivity (Wildman–Crippen MR) is 159 cm³/mol. The Labute approximate surface area is 269 Å². The molecule has 0 aliphatic carbocycles. The van der Waals surface area contributed by atoms with Gasteiger partial charge in [0.1, 0.15) is 30.0 Å².